The molecule has 1 aliphatic heterocycles. The Morgan fingerprint density at radius 1 is 0.978 bits per heavy atom. The summed E-state index contributed by atoms with van der Waals surface area (Å²) in [5.41, 5.74) is 7.59. The molecule has 4 aromatic rings. The second kappa shape index (κ2) is 11.7. The van der Waals surface area contributed by atoms with Crippen LogP contribution in [0.3, 0.4) is 0 Å². The van der Waals surface area contributed by atoms with Crippen molar-refractivity contribution in [2.24, 2.45) is 11.8 Å². The number of carbonyl (C=O) groups excluding carboxylic acids is 1. The van der Waals surface area contributed by atoms with Gasteiger partial charge in [-0.2, -0.15) is 5.10 Å². The number of hydrogen-bond donors (Lipinski definition) is 2. The largest absolute Gasteiger partial charge is 0.497 e. The van der Waals surface area contributed by atoms with Crippen molar-refractivity contribution >= 4 is 17.5 Å². The number of hydrogen-bond acceptors (Lipinski definition) is 8. The number of methoxy groups -OCH3 is 2. The van der Waals surface area contributed by atoms with Gasteiger partial charge in [0.15, 0.2) is 0 Å². The van der Waals surface area contributed by atoms with E-state index in [1.54, 1.807) is 14.2 Å². The number of aryl methyl sites for hydroxylation is 3. The first-order valence-electron chi connectivity index (χ1n) is 15.8. The molecule has 3 aliphatic rings. The van der Waals surface area contributed by atoms with Gasteiger partial charge >= 0.3 is 0 Å². The molecule has 1 saturated carbocycles. The van der Waals surface area contributed by atoms with Crippen molar-refractivity contribution in [2.75, 3.05) is 37.5 Å². The summed E-state index contributed by atoms with van der Waals surface area (Å²) in [7, 11) is 3.30. The maximum atomic E-state index is 13.6. The molecule has 1 aromatic carbocycles. The Hall–Kier alpha value is -4.60. The van der Waals surface area contributed by atoms with Crippen molar-refractivity contribution < 1.29 is 14.3 Å². The van der Waals surface area contributed by atoms with Gasteiger partial charge in [-0.15, -0.1) is 0 Å². The van der Waals surface area contributed by atoms with Crippen LogP contribution in [0.1, 0.15) is 68.6 Å². The van der Waals surface area contributed by atoms with E-state index in [0.29, 0.717) is 24.3 Å². The third-order valence-electron chi connectivity index (χ3n) is 9.60. The Labute approximate surface area is 264 Å². The van der Waals surface area contributed by atoms with Crippen LogP contribution in [0.5, 0.6) is 11.5 Å². The van der Waals surface area contributed by atoms with E-state index in [0.717, 1.165) is 94.5 Å². The fraction of sp³-hybridized carbons (Fsp3) is 0.429. The number of nitrogens with zero attached hydrogens (tertiary/aromatic N) is 5. The van der Waals surface area contributed by atoms with Gasteiger partial charge in [-0.05, 0) is 92.8 Å². The minimum Gasteiger partial charge on any atom is -0.497 e. The van der Waals surface area contributed by atoms with Gasteiger partial charge < -0.3 is 25.0 Å². The molecule has 3 atom stereocenters. The Balaban J connectivity index is 1.02. The number of aromatic nitrogens is 4. The first kappa shape index (κ1) is 29.1. The maximum Gasteiger partial charge on any atom is 0.255 e. The van der Waals surface area contributed by atoms with E-state index < -0.39 is 0 Å². The summed E-state index contributed by atoms with van der Waals surface area (Å²) in [6.07, 6.45) is 4.88. The minimum atomic E-state index is -0.110. The zero-order valence-electron chi connectivity index (χ0n) is 26.7. The molecule has 10 heteroatoms. The van der Waals surface area contributed by atoms with E-state index in [9.17, 15) is 4.79 Å². The molecule has 0 radical (unpaired) electrons. The van der Waals surface area contributed by atoms with Crippen LogP contribution in [-0.4, -0.2) is 53.0 Å². The van der Waals surface area contributed by atoms with Gasteiger partial charge in [-0.3, -0.25) is 9.48 Å². The van der Waals surface area contributed by atoms with Crippen molar-refractivity contribution in [3.63, 3.8) is 0 Å². The van der Waals surface area contributed by atoms with Gasteiger partial charge in [0.05, 0.1) is 38.1 Å². The predicted molar refractivity (Wildman–Crippen MR) is 173 cm³/mol. The smallest absolute Gasteiger partial charge is 0.255 e. The van der Waals surface area contributed by atoms with Gasteiger partial charge in [-0.25, -0.2) is 9.97 Å². The number of fused-ring (bicyclic) bond motifs is 2. The number of piperidine rings is 1. The monoisotopic (exact) mass is 607 g/mol. The molecule has 2 N–H and O–H groups in total. The lowest BCUT2D eigenvalue weighted by Crippen LogP contribution is -2.27. The third-order valence-corrected chi connectivity index (χ3v) is 9.60. The number of pyridine rings is 2. The van der Waals surface area contributed by atoms with Crippen LogP contribution >= 0.6 is 0 Å². The number of carbonyl (C=O) groups is 1. The summed E-state index contributed by atoms with van der Waals surface area (Å²) >= 11 is 0. The highest BCUT2D eigenvalue weighted by Crippen LogP contribution is 2.46. The second-order valence-corrected chi connectivity index (χ2v) is 12.7. The maximum absolute atomic E-state index is 13.6. The van der Waals surface area contributed by atoms with Gasteiger partial charge in [0.25, 0.3) is 5.91 Å². The Morgan fingerprint density at radius 2 is 1.78 bits per heavy atom. The topological polar surface area (TPSA) is 106 Å². The Morgan fingerprint density at radius 3 is 2.53 bits per heavy atom. The molecule has 3 aromatic heterocycles. The SMILES string of the molecule is COc1ccc(CNc2nc(C)cc3c2CCC3NC(=O)c2cn(Cc3ccc(N4CC5CC5C4)nc3C)nc2C)c(OC)c1. The highest BCUT2D eigenvalue weighted by atomic mass is 16.5. The van der Waals surface area contributed by atoms with Crippen LogP contribution in [0, 0.1) is 32.6 Å². The van der Waals surface area contributed by atoms with Crippen molar-refractivity contribution in [1.82, 2.24) is 25.1 Å². The standard InChI is InChI=1S/C35H41N7O3/c1-20-12-29-28(34(37-20)36-15-23-6-8-27(44-4)14-32(23)45-5)9-10-31(29)39-35(43)30-19-42(40-22(30)3)18-24-7-11-33(38-21(24)2)41-16-25-13-26(25)17-41/h6-8,11-12,14,19,25-26,31H,9-10,13,15-18H2,1-5H3,(H,36,37)(H,39,43). The van der Waals surface area contributed by atoms with E-state index in [1.165, 1.54) is 6.42 Å². The first-order chi connectivity index (χ1) is 21.8. The Bertz CT molecular complexity index is 1760. The molecule has 2 fully saturated rings. The van der Waals surface area contributed by atoms with Crippen molar-refractivity contribution in [1.29, 1.82) is 0 Å². The number of rotatable bonds is 10. The highest BCUT2D eigenvalue weighted by Gasteiger charge is 2.45. The van der Waals surface area contributed by atoms with Crippen LogP contribution in [0.4, 0.5) is 11.6 Å². The fourth-order valence-corrected chi connectivity index (χ4v) is 6.95. The predicted octanol–water partition coefficient (Wildman–Crippen LogP) is 5.15. The molecule has 0 bridgehead atoms. The van der Waals surface area contributed by atoms with E-state index in [1.807, 2.05) is 42.9 Å². The van der Waals surface area contributed by atoms with E-state index in [-0.39, 0.29) is 11.9 Å². The molecule has 234 valence electrons. The first-order valence-corrected chi connectivity index (χ1v) is 15.8. The van der Waals surface area contributed by atoms with Crippen LogP contribution in [0.15, 0.2) is 42.6 Å². The summed E-state index contributed by atoms with van der Waals surface area (Å²) in [6, 6.07) is 12.1. The minimum absolute atomic E-state index is 0.0939. The van der Waals surface area contributed by atoms with Crippen LogP contribution in [0.2, 0.25) is 0 Å². The molecule has 3 unspecified atom stereocenters. The number of anilines is 2. The molecular formula is C35H41N7O3. The average Bonchev–Trinajstić information content (AvgIpc) is 3.31. The van der Waals surface area contributed by atoms with Gasteiger partial charge in [0, 0.05) is 48.8 Å². The molecule has 2 aliphatic carbocycles. The highest BCUT2D eigenvalue weighted by molar-refractivity contribution is 5.95. The summed E-state index contributed by atoms with van der Waals surface area (Å²) in [6.45, 7) is 9.33. The zero-order chi connectivity index (χ0) is 31.2. The zero-order valence-corrected chi connectivity index (χ0v) is 26.7. The summed E-state index contributed by atoms with van der Waals surface area (Å²) in [5, 5.41) is 11.5. The molecule has 0 spiro atoms. The van der Waals surface area contributed by atoms with Crippen LogP contribution < -0.4 is 25.0 Å². The van der Waals surface area contributed by atoms with Crippen molar-refractivity contribution in [2.45, 2.75) is 59.2 Å². The lowest BCUT2D eigenvalue weighted by molar-refractivity contribution is 0.0936. The molecule has 1 amide bonds. The van der Waals surface area contributed by atoms with Gasteiger partial charge in [-0.1, -0.05) is 6.07 Å². The molecule has 4 heterocycles. The van der Waals surface area contributed by atoms with E-state index in [4.69, 9.17) is 19.4 Å². The number of amides is 1. The quantitative estimate of drug-likeness (QED) is 0.255. The average molecular weight is 608 g/mol. The van der Waals surface area contributed by atoms with Crippen molar-refractivity contribution in [3.8, 4) is 11.5 Å². The van der Waals surface area contributed by atoms with Crippen molar-refractivity contribution in [3.05, 3.63) is 87.5 Å². The molecule has 10 nitrogen and oxygen atoms in total. The van der Waals surface area contributed by atoms with Crippen LogP contribution in [0.25, 0.3) is 0 Å². The normalized spacial score (nSPS) is 19.7. The van der Waals surface area contributed by atoms with Gasteiger partial charge in [0.2, 0.25) is 0 Å². The molecule has 1 saturated heterocycles. The molecule has 7 rings (SSSR count). The lowest BCUT2D eigenvalue weighted by atomic mass is 10.1. The van der Waals surface area contributed by atoms with E-state index >= 15 is 0 Å². The third kappa shape index (κ3) is 5.81. The molecule has 45 heavy (non-hydrogen) atoms. The van der Waals surface area contributed by atoms with Gasteiger partial charge in [0.1, 0.15) is 23.1 Å². The summed E-state index contributed by atoms with van der Waals surface area (Å²) in [4.78, 5) is 25.7. The number of ether oxygens (including phenoxy) is 2. The summed E-state index contributed by atoms with van der Waals surface area (Å²) < 4.78 is 12.8. The Kier molecular flexibility index (Phi) is 7.59. The lowest BCUT2D eigenvalue weighted by Gasteiger charge is -2.20. The number of nitrogens with one attached hydrogen (secondary N) is 2. The molecular weight excluding hydrogens is 566 g/mol. The summed E-state index contributed by atoms with van der Waals surface area (Å²) in [5.74, 6) is 5.06. The van der Waals surface area contributed by atoms with E-state index in [2.05, 4.69) is 45.8 Å². The fourth-order valence-electron chi connectivity index (χ4n) is 6.95. The number of benzene rings is 1. The van der Waals surface area contributed by atoms with Crippen LogP contribution in [-0.2, 0) is 19.5 Å². The second-order valence-electron chi connectivity index (χ2n) is 12.7.